The number of carbonyl (C=O) groups is 2. The fourth-order valence-electron chi connectivity index (χ4n) is 2.45. The number of hydrogen-bond acceptors (Lipinski definition) is 2. The number of carboxylic acid groups (broad SMARTS) is 1. The lowest BCUT2D eigenvalue weighted by Crippen LogP contribution is -2.29. The number of aliphatic carboxylic acids is 1. The highest BCUT2D eigenvalue weighted by atomic mass is 35.5. The fourth-order valence-corrected chi connectivity index (χ4v) is 2.72. The van der Waals surface area contributed by atoms with Gasteiger partial charge in [-0.1, -0.05) is 29.8 Å². The van der Waals surface area contributed by atoms with E-state index in [0.29, 0.717) is 18.0 Å². The van der Waals surface area contributed by atoms with Crippen LogP contribution in [0.25, 0.3) is 0 Å². The normalized spacial score (nSPS) is 20.5. The largest absolute Gasteiger partial charge is 0.481 e. The van der Waals surface area contributed by atoms with Crippen LogP contribution in [-0.4, -0.2) is 35.5 Å². The van der Waals surface area contributed by atoms with E-state index in [1.807, 2.05) is 24.3 Å². The van der Waals surface area contributed by atoms with E-state index in [-0.39, 0.29) is 24.2 Å². The average Bonchev–Trinajstić information content (AvgIpc) is 3.18. The SMILES string of the molecule is CN(CCCC(=O)O)C(=O)[C@@H]1C[C@H]1c1ccccc1Cl. The van der Waals surface area contributed by atoms with Gasteiger partial charge in [0.1, 0.15) is 0 Å². The third-order valence-electron chi connectivity index (χ3n) is 3.67. The summed E-state index contributed by atoms with van der Waals surface area (Å²) in [5.41, 5.74) is 1.03. The van der Waals surface area contributed by atoms with Gasteiger partial charge in [-0.2, -0.15) is 0 Å². The van der Waals surface area contributed by atoms with Gasteiger partial charge in [-0.15, -0.1) is 0 Å². The van der Waals surface area contributed by atoms with Crippen LogP contribution in [0.3, 0.4) is 0 Å². The van der Waals surface area contributed by atoms with Crippen LogP contribution in [0.5, 0.6) is 0 Å². The molecule has 0 aromatic heterocycles. The third-order valence-corrected chi connectivity index (χ3v) is 4.02. The van der Waals surface area contributed by atoms with E-state index in [1.54, 1.807) is 11.9 Å². The first-order valence-corrected chi connectivity index (χ1v) is 7.09. The number of halogens is 1. The minimum absolute atomic E-state index is 0.00951. The van der Waals surface area contributed by atoms with Gasteiger partial charge < -0.3 is 10.0 Å². The van der Waals surface area contributed by atoms with Crippen molar-refractivity contribution in [3.8, 4) is 0 Å². The maximum absolute atomic E-state index is 12.2. The summed E-state index contributed by atoms with van der Waals surface area (Å²) in [6, 6.07) is 7.61. The molecule has 0 aliphatic heterocycles. The molecule has 0 bridgehead atoms. The number of nitrogens with zero attached hydrogens (tertiary/aromatic N) is 1. The maximum Gasteiger partial charge on any atom is 0.303 e. The highest BCUT2D eigenvalue weighted by molar-refractivity contribution is 6.31. The Labute approximate surface area is 123 Å². The van der Waals surface area contributed by atoms with Crippen molar-refractivity contribution in [1.29, 1.82) is 0 Å². The van der Waals surface area contributed by atoms with Gasteiger partial charge >= 0.3 is 5.97 Å². The standard InChI is InChI=1S/C15H18ClNO3/c1-17(8-4-7-14(18)19)15(20)12-9-11(12)10-5-2-3-6-13(10)16/h2-3,5-6,11-12H,4,7-9H2,1H3,(H,18,19)/t11-,12+/m0/s1. The Kier molecular flexibility index (Phi) is 4.65. The summed E-state index contributed by atoms with van der Waals surface area (Å²) in [6.07, 6.45) is 1.41. The maximum atomic E-state index is 12.2. The molecule has 1 amide bonds. The summed E-state index contributed by atoms with van der Waals surface area (Å²) in [7, 11) is 1.73. The lowest BCUT2D eigenvalue weighted by molar-refractivity contribution is -0.138. The van der Waals surface area contributed by atoms with Gasteiger partial charge in [0.2, 0.25) is 5.91 Å². The van der Waals surface area contributed by atoms with Gasteiger partial charge in [-0.3, -0.25) is 9.59 Å². The van der Waals surface area contributed by atoms with Gasteiger partial charge in [0, 0.05) is 31.0 Å². The smallest absolute Gasteiger partial charge is 0.303 e. The number of rotatable bonds is 6. The Morgan fingerprint density at radius 1 is 1.40 bits per heavy atom. The van der Waals surface area contributed by atoms with Crippen LogP contribution in [0.4, 0.5) is 0 Å². The predicted molar refractivity (Wildman–Crippen MR) is 76.8 cm³/mol. The first-order valence-electron chi connectivity index (χ1n) is 6.72. The van der Waals surface area contributed by atoms with Gasteiger partial charge in [0.15, 0.2) is 0 Å². The zero-order valence-corrected chi connectivity index (χ0v) is 12.1. The molecule has 1 aromatic rings. The molecule has 1 N–H and O–H groups in total. The van der Waals surface area contributed by atoms with Crippen molar-refractivity contribution in [3.05, 3.63) is 34.9 Å². The van der Waals surface area contributed by atoms with Crippen LogP contribution in [0, 0.1) is 5.92 Å². The number of amides is 1. The number of benzene rings is 1. The molecule has 108 valence electrons. The molecule has 0 spiro atoms. The Bertz CT molecular complexity index is 518. The number of carbonyl (C=O) groups excluding carboxylic acids is 1. The van der Waals surface area contributed by atoms with E-state index in [9.17, 15) is 9.59 Å². The summed E-state index contributed by atoms with van der Waals surface area (Å²) in [5, 5.41) is 9.30. The van der Waals surface area contributed by atoms with E-state index in [4.69, 9.17) is 16.7 Å². The van der Waals surface area contributed by atoms with Crippen molar-refractivity contribution >= 4 is 23.5 Å². The molecule has 2 rings (SSSR count). The highest BCUT2D eigenvalue weighted by Crippen LogP contribution is 2.50. The predicted octanol–water partition coefficient (Wildman–Crippen LogP) is 2.77. The van der Waals surface area contributed by atoms with Crippen molar-refractivity contribution in [1.82, 2.24) is 4.90 Å². The third kappa shape index (κ3) is 3.51. The zero-order chi connectivity index (χ0) is 14.7. The molecule has 0 unspecified atom stereocenters. The Morgan fingerprint density at radius 2 is 2.10 bits per heavy atom. The summed E-state index contributed by atoms with van der Waals surface area (Å²) in [6.45, 7) is 0.483. The van der Waals surface area contributed by atoms with Crippen molar-refractivity contribution in [2.45, 2.75) is 25.2 Å². The second-order valence-electron chi connectivity index (χ2n) is 5.23. The molecule has 2 atom stereocenters. The molecule has 0 heterocycles. The van der Waals surface area contributed by atoms with E-state index in [1.165, 1.54) is 0 Å². The molecule has 20 heavy (non-hydrogen) atoms. The summed E-state index contributed by atoms with van der Waals surface area (Å²) >= 11 is 6.14. The molecular formula is C15H18ClNO3. The monoisotopic (exact) mass is 295 g/mol. The van der Waals surface area contributed by atoms with E-state index < -0.39 is 5.97 Å². The second kappa shape index (κ2) is 6.27. The van der Waals surface area contributed by atoms with Crippen molar-refractivity contribution in [3.63, 3.8) is 0 Å². The van der Waals surface area contributed by atoms with Crippen LogP contribution < -0.4 is 0 Å². The lowest BCUT2D eigenvalue weighted by atomic mass is 10.1. The van der Waals surface area contributed by atoms with Crippen LogP contribution in [-0.2, 0) is 9.59 Å². The minimum Gasteiger partial charge on any atom is -0.481 e. The van der Waals surface area contributed by atoms with Gasteiger partial charge in [0.05, 0.1) is 0 Å². The number of hydrogen-bond donors (Lipinski definition) is 1. The Balaban J connectivity index is 1.86. The Morgan fingerprint density at radius 3 is 2.75 bits per heavy atom. The lowest BCUT2D eigenvalue weighted by Gasteiger charge is -2.16. The highest BCUT2D eigenvalue weighted by Gasteiger charge is 2.45. The molecule has 0 radical (unpaired) electrons. The summed E-state index contributed by atoms with van der Waals surface area (Å²) in [4.78, 5) is 24.3. The van der Waals surface area contributed by atoms with Gasteiger partial charge in [-0.25, -0.2) is 0 Å². The molecule has 1 fully saturated rings. The van der Waals surface area contributed by atoms with Crippen molar-refractivity contribution in [2.75, 3.05) is 13.6 Å². The first-order chi connectivity index (χ1) is 9.50. The van der Waals surface area contributed by atoms with E-state index in [2.05, 4.69) is 0 Å². The molecule has 0 saturated heterocycles. The molecule has 4 nitrogen and oxygen atoms in total. The summed E-state index contributed by atoms with van der Waals surface area (Å²) < 4.78 is 0. The second-order valence-corrected chi connectivity index (χ2v) is 5.63. The van der Waals surface area contributed by atoms with Crippen LogP contribution >= 0.6 is 11.6 Å². The van der Waals surface area contributed by atoms with E-state index >= 15 is 0 Å². The van der Waals surface area contributed by atoms with Crippen LogP contribution in [0.1, 0.15) is 30.7 Å². The molecule has 5 heteroatoms. The topological polar surface area (TPSA) is 57.6 Å². The summed E-state index contributed by atoms with van der Waals surface area (Å²) in [5.74, 6) is -0.547. The van der Waals surface area contributed by atoms with Crippen molar-refractivity contribution < 1.29 is 14.7 Å². The zero-order valence-electron chi connectivity index (χ0n) is 11.4. The van der Waals surface area contributed by atoms with Crippen LogP contribution in [0.2, 0.25) is 5.02 Å². The van der Waals surface area contributed by atoms with E-state index in [0.717, 1.165) is 12.0 Å². The molecule has 1 aliphatic carbocycles. The van der Waals surface area contributed by atoms with Gasteiger partial charge in [-0.05, 0) is 30.4 Å². The molecule has 1 saturated carbocycles. The minimum atomic E-state index is -0.828. The van der Waals surface area contributed by atoms with Crippen molar-refractivity contribution in [2.24, 2.45) is 5.92 Å². The Hall–Kier alpha value is -1.55. The molecular weight excluding hydrogens is 278 g/mol. The van der Waals surface area contributed by atoms with Crippen LogP contribution in [0.15, 0.2) is 24.3 Å². The quantitative estimate of drug-likeness (QED) is 0.878. The number of carboxylic acids is 1. The molecule has 1 aliphatic rings. The fraction of sp³-hybridized carbons (Fsp3) is 0.467. The van der Waals surface area contributed by atoms with Gasteiger partial charge in [0.25, 0.3) is 0 Å². The first kappa shape index (κ1) is 14.9. The molecule has 1 aromatic carbocycles. The average molecular weight is 296 g/mol.